The first-order chi connectivity index (χ1) is 10.0. The monoisotopic (exact) mass is 395 g/mol. The third kappa shape index (κ3) is 5.54. The summed E-state index contributed by atoms with van der Waals surface area (Å²) in [5.74, 6) is 0.153. The standard InChI is InChI=1S/C14H13BrClF2NOS/c15-13-4-2-11(21-13)5-6-19-8-9-7-10(16)1-3-12(9)20-14(17)18/h1-4,7,14,19H,5-6,8H2. The first kappa shape index (κ1) is 16.7. The van der Waals surface area contributed by atoms with Crippen molar-refractivity contribution in [2.45, 2.75) is 19.6 Å². The molecule has 0 radical (unpaired) electrons. The van der Waals surface area contributed by atoms with Crippen LogP contribution in [0.15, 0.2) is 34.1 Å². The van der Waals surface area contributed by atoms with Crippen molar-refractivity contribution in [3.63, 3.8) is 0 Å². The molecule has 0 aliphatic heterocycles. The van der Waals surface area contributed by atoms with Gasteiger partial charge in [0, 0.05) is 28.6 Å². The van der Waals surface area contributed by atoms with Crippen molar-refractivity contribution in [1.29, 1.82) is 0 Å². The Morgan fingerprint density at radius 1 is 1.29 bits per heavy atom. The number of halogens is 4. The van der Waals surface area contributed by atoms with E-state index in [4.69, 9.17) is 11.6 Å². The number of thiophene rings is 1. The number of rotatable bonds is 7. The maximum atomic E-state index is 12.3. The van der Waals surface area contributed by atoms with E-state index in [9.17, 15) is 8.78 Å². The quantitative estimate of drug-likeness (QED) is 0.658. The summed E-state index contributed by atoms with van der Waals surface area (Å²) in [4.78, 5) is 1.25. The molecule has 0 saturated heterocycles. The molecule has 0 saturated carbocycles. The zero-order valence-electron chi connectivity index (χ0n) is 10.9. The number of hydrogen-bond acceptors (Lipinski definition) is 3. The van der Waals surface area contributed by atoms with Crippen LogP contribution in [-0.4, -0.2) is 13.2 Å². The maximum Gasteiger partial charge on any atom is 0.387 e. The van der Waals surface area contributed by atoms with E-state index in [0.717, 1.165) is 16.8 Å². The highest BCUT2D eigenvalue weighted by Gasteiger charge is 2.10. The lowest BCUT2D eigenvalue weighted by Crippen LogP contribution is -2.17. The van der Waals surface area contributed by atoms with Crippen LogP contribution in [0.5, 0.6) is 5.75 Å². The van der Waals surface area contributed by atoms with Crippen LogP contribution in [0.4, 0.5) is 8.78 Å². The Morgan fingerprint density at radius 2 is 2.10 bits per heavy atom. The predicted molar refractivity (Wildman–Crippen MR) is 85.5 cm³/mol. The van der Waals surface area contributed by atoms with E-state index in [1.807, 2.05) is 6.07 Å². The van der Waals surface area contributed by atoms with E-state index in [1.165, 1.54) is 17.0 Å². The molecule has 2 nitrogen and oxygen atoms in total. The van der Waals surface area contributed by atoms with E-state index < -0.39 is 6.61 Å². The third-order valence-corrected chi connectivity index (χ3v) is 4.65. The molecule has 0 unspecified atom stereocenters. The molecule has 0 spiro atoms. The van der Waals surface area contributed by atoms with E-state index in [2.05, 4.69) is 32.0 Å². The molecule has 0 bridgehead atoms. The second-order valence-corrected chi connectivity index (χ2v) is 7.25. The number of benzene rings is 1. The minimum absolute atomic E-state index is 0.153. The van der Waals surface area contributed by atoms with Gasteiger partial charge in [-0.25, -0.2) is 0 Å². The smallest absolute Gasteiger partial charge is 0.387 e. The van der Waals surface area contributed by atoms with Crippen LogP contribution >= 0.6 is 38.9 Å². The lowest BCUT2D eigenvalue weighted by Gasteiger charge is -2.11. The zero-order chi connectivity index (χ0) is 15.2. The minimum atomic E-state index is -2.84. The highest BCUT2D eigenvalue weighted by atomic mass is 79.9. The van der Waals surface area contributed by atoms with Crippen LogP contribution in [-0.2, 0) is 13.0 Å². The zero-order valence-corrected chi connectivity index (χ0v) is 14.1. The van der Waals surface area contributed by atoms with Gasteiger partial charge < -0.3 is 10.1 Å². The first-order valence-corrected chi connectivity index (χ1v) is 8.21. The average Bonchev–Trinajstić information content (AvgIpc) is 2.83. The van der Waals surface area contributed by atoms with Crippen LogP contribution in [0.3, 0.4) is 0 Å². The van der Waals surface area contributed by atoms with E-state index in [-0.39, 0.29) is 5.75 Å². The summed E-state index contributed by atoms with van der Waals surface area (Å²) in [6.07, 6.45) is 0.877. The summed E-state index contributed by atoms with van der Waals surface area (Å²) >= 11 is 11.0. The van der Waals surface area contributed by atoms with Gasteiger partial charge in [0.1, 0.15) is 5.75 Å². The Hall–Kier alpha value is -0.690. The molecule has 0 aliphatic carbocycles. The SMILES string of the molecule is FC(F)Oc1ccc(Cl)cc1CNCCc1ccc(Br)s1. The summed E-state index contributed by atoms with van der Waals surface area (Å²) in [5, 5.41) is 3.70. The lowest BCUT2D eigenvalue weighted by atomic mass is 10.2. The van der Waals surface area contributed by atoms with Gasteiger partial charge in [0.25, 0.3) is 0 Å². The van der Waals surface area contributed by atoms with Crippen LogP contribution in [0.25, 0.3) is 0 Å². The molecule has 7 heteroatoms. The van der Waals surface area contributed by atoms with Crippen molar-refractivity contribution in [2.75, 3.05) is 6.54 Å². The normalized spacial score (nSPS) is 11.1. The fraction of sp³-hybridized carbons (Fsp3) is 0.286. The van der Waals surface area contributed by atoms with Gasteiger partial charge in [0.05, 0.1) is 3.79 Å². The second kappa shape index (κ2) is 8.08. The molecule has 21 heavy (non-hydrogen) atoms. The van der Waals surface area contributed by atoms with Crippen molar-refractivity contribution in [3.05, 3.63) is 49.6 Å². The molecule has 1 aromatic heterocycles. The summed E-state index contributed by atoms with van der Waals surface area (Å²) in [6, 6.07) is 8.69. The molecule has 2 aromatic rings. The summed E-state index contributed by atoms with van der Waals surface area (Å²) in [7, 11) is 0. The number of nitrogens with one attached hydrogen (secondary N) is 1. The average molecular weight is 397 g/mol. The second-order valence-electron chi connectivity index (χ2n) is 4.26. The lowest BCUT2D eigenvalue weighted by molar-refractivity contribution is -0.0504. The van der Waals surface area contributed by atoms with Gasteiger partial charge in [-0.1, -0.05) is 11.6 Å². The van der Waals surface area contributed by atoms with Crippen LogP contribution in [0, 0.1) is 0 Å². The van der Waals surface area contributed by atoms with Gasteiger partial charge in [-0.15, -0.1) is 11.3 Å². The van der Waals surface area contributed by atoms with Crippen molar-refractivity contribution in [2.24, 2.45) is 0 Å². The first-order valence-electron chi connectivity index (χ1n) is 6.23. The Morgan fingerprint density at radius 3 is 2.76 bits per heavy atom. The van der Waals surface area contributed by atoms with Gasteiger partial charge in [-0.2, -0.15) is 8.78 Å². The van der Waals surface area contributed by atoms with Crippen molar-refractivity contribution < 1.29 is 13.5 Å². The molecule has 0 amide bonds. The molecule has 1 N–H and O–H groups in total. The predicted octanol–water partition coefficient (Wildman–Crippen LogP) is 5.10. The van der Waals surface area contributed by atoms with Crippen LogP contribution in [0.1, 0.15) is 10.4 Å². The molecule has 1 aromatic carbocycles. The molecule has 0 fully saturated rings. The fourth-order valence-electron chi connectivity index (χ4n) is 1.82. The van der Waals surface area contributed by atoms with Gasteiger partial charge in [-0.05, 0) is 52.7 Å². The third-order valence-electron chi connectivity index (χ3n) is 2.73. The number of ether oxygens (including phenoxy) is 1. The van der Waals surface area contributed by atoms with E-state index in [1.54, 1.807) is 17.4 Å². The molecule has 0 atom stereocenters. The summed E-state index contributed by atoms with van der Waals surface area (Å²) in [5.41, 5.74) is 0.621. The van der Waals surface area contributed by atoms with Crippen LogP contribution < -0.4 is 10.1 Å². The Kier molecular flexibility index (Phi) is 6.41. The summed E-state index contributed by atoms with van der Waals surface area (Å²) in [6.45, 7) is -1.67. The molecule has 2 rings (SSSR count). The molecule has 0 aliphatic rings. The topological polar surface area (TPSA) is 21.3 Å². The largest absolute Gasteiger partial charge is 0.434 e. The fourth-order valence-corrected chi connectivity index (χ4v) is 3.50. The highest BCUT2D eigenvalue weighted by molar-refractivity contribution is 9.11. The van der Waals surface area contributed by atoms with Gasteiger partial charge in [-0.3, -0.25) is 0 Å². The summed E-state index contributed by atoms with van der Waals surface area (Å²) < 4.78 is 30.2. The molecule has 1 heterocycles. The maximum absolute atomic E-state index is 12.3. The Labute approximate surface area is 139 Å². The molecular formula is C14H13BrClF2NOS. The van der Waals surface area contributed by atoms with Gasteiger partial charge >= 0.3 is 6.61 Å². The Balaban J connectivity index is 1.88. The molecular weight excluding hydrogens is 384 g/mol. The Bertz CT molecular complexity index is 594. The number of hydrogen-bond donors (Lipinski definition) is 1. The van der Waals surface area contributed by atoms with E-state index in [0.29, 0.717) is 17.1 Å². The van der Waals surface area contributed by atoms with Crippen molar-refractivity contribution >= 4 is 38.9 Å². The van der Waals surface area contributed by atoms with Crippen molar-refractivity contribution in [1.82, 2.24) is 5.32 Å². The molecule has 114 valence electrons. The van der Waals surface area contributed by atoms with Gasteiger partial charge in [0.15, 0.2) is 0 Å². The van der Waals surface area contributed by atoms with Crippen LogP contribution in [0.2, 0.25) is 5.02 Å². The van der Waals surface area contributed by atoms with Gasteiger partial charge in [0.2, 0.25) is 0 Å². The van der Waals surface area contributed by atoms with E-state index >= 15 is 0 Å². The van der Waals surface area contributed by atoms with Crippen molar-refractivity contribution in [3.8, 4) is 5.75 Å². The number of alkyl halides is 2. The minimum Gasteiger partial charge on any atom is -0.434 e. The highest BCUT2D eigenvalue weighted by Crippen LogP contribution is 2.25.